The van der Waals surface area contributed by atoms with Crippen molar-refractivity contribution >= 4 is 28.4 Å². The van der Waals surface area contributed by atoms with Gasteiger partial charge in [0.15, 0.2) is 5.82 Å². The second-order valence-corrected chi connectivity index (χ2v) is 8.58. The van der Waals surface area contributed by atoms with E-state index < -0.39 is 0 Å². The fraction of sp³-hybridized carbons (Fsp3) is 0.115. The minimum Gasteiger partial charge on any atom is -0.497 e. The monoisotopic (exact) mass is 454 g/mol. The molecule has 5 rings (SSSR count). The number of fused-ring (bicyclic) bond motifs is 1. The van der Waals surface area contributed by atoms with Gasteiger partial charge in [0, 0.05) is 6.42 Å². The molecule has 0 amide bonds. The van der Waals surface area contributed by atoms with Crippen LogP contribution in [-0.2, 0) is 6.42 Å². The normalized spacial score (nSPS) is 11.3. The number of benzene rings is 3. The average Bonchev–Trinajstić information content (AvgIpc) is 3.42. The number of ether oxygens (including phenoxy) is 2. The minimum atomic E-state index is 0.653. The molecule has 3 aromatic carbocycles. The van der Waals surface area contributed by atoms with Crippen LogP contribution in [0.3, 0.4) is 0 Å². The molecule has 164 valence electrons. The smallest absolute Gasteiger partial charge is 0.234 e. The molecule has 33 heavy (non-hydrogen) atoms. The Kier molecular flexibility index (Phi) is 5.87. The summed E-state index contributed by atoms with van der Waals surface area (Å²) in [4.78, 5) is 0.778. The number of methoxy groups -OCH3 is 1. The molecule has 0 bridgehead atoms. The second-order valence-electron chi connectivity index (χ2n) is 7.59. The molecular formula is C26H22N4O2S. The van der Waals surface area contributed by atoms with E-state index in [2.05, 4.69) is 22.2 Å². The molecule has 0 aliphatic heterocycles. The third-order valence-electron chi connectivity index (χ3n) is 5.15. The zero-order valence-electron chi connectivity index (χ0n) is 18.3. The lowest BCUT2D eigenvalue weighted by molar-refractivity contribution is 0.414. The zero-order valence-corrected chi connectivity index (χ0v) is 19.1. The van der Waals surface area contributed by atoms with Crippen LogP contribution in [0.5, 0.6) is 17.2 Å². The molecule has 0 unspecified atom stereocenters. The van der Waals surface area contributed by atoms with Crippen LogP contribution < -0.4 is 9.47 Å². The molecule has 6 nitrogen and oxygen atoms in total. The van der Waals surface area contributed by atoms with Gasteiger partial charge in [-0.2, -0.15) is 9.61 Å². The minimum absolute atomic E-state index is 0.653. The fourth-order valence-corrected chi connectivity index (χ4v) is 4.09. The summed E-state index contributed by atoms with van der Waals surface area (Å²) in [6, 6.07) is 23.9. The van der Waals surface area contributed by atoms with E-state index in [-0.39, 0.29) is 0 Å². The highest BCUT2D eigenvalue weighted by Gasteiger charge is 2.11. The van der Waals surface area contributed by atoms with Gasteiger partial charge in [0.25, 0.3) is 0 Å². The number of rotatable bonds is 7. The lowest BCUT2D eigenvalue weighted by Gasteiger charge is -2.06. The maximum atomic E-state index is 5.90. The Bertz CT molecular complexity index is 1390. The van der Waals surface area contributed by atoms with E-state index in [1.165, 1.54) is 16.9 Å². The molecular weight excluding hydrogens is 432 g/mol. The highest BCUT2D eigenvalue weighted by molar-refractivity contribution is 7.17. The van der Waals surface area contributed by atoms with Crippen molar-refractivity contribution in [2.75, 3.05) is 7.11 Å². The van der Waals surface area contributed by atoms with Crippen molar-refractivity contribution in [3.05, 3.63) is 100 Å². The van der Waals surface area contributed by atoms with Crippen LogP contribution in [0.25, 0.3) is 17.1 Å². The van der Waals surface area contributed by atoms with Crippen molar-refractivity contribution in [3.63, 3.8) is 0 Å². The summed E-state index contributed by atoms with van der Waals surface area (Å²) >= 11 is 1.51. The first-order valence-electron chi connectivity index (χ1n) is 10.5. The van der Waals surface area contributed by atoms with E-state index in [9.17, 15) is 0 Å². The number of hydrogen-bond donors (Lipinski definition) is 0. The first-order valence-corrected chi connectivity index (χ1v) is 11.3. The van der Waals surface area contributed by atoms with E-state index in [0.29, 0.717) is 6.42 Å². The SMILES string of the molecule is COc1ccc(Cc2nnc3sc(/C=C/c4ccc(Oc5ccc(C)cc5)cc4)nn23)cc1. The maximum Gasteiger partial charge on any atom is 0.234 e. The Balaban J connectivity index is 1.26. The average molecular weight is 455 g/mol. The van der Waals surface area contributed by atoms with Gasteiger partial charge in [-0.15, -0.1) is 10.2 Å². The molecule has 0 spiro atoms. The van der Waals surface area contributed by atoms with Crippen molar-refractivity contribution in [1.29, 1.82) is 0 Å². The number of hydrogen-bond acceptors (Lipinski definition) is 6. The standard InChI is InChI=1S/C26H22N4O2S/c1-18-3-10-22(11-4-18)32-23-14-5-19(6-15-23)9-16-25-29-30-24(27-28-26(30)33-25)17-20-7-12-21(31-2)13-8-20/h3-16H,17H2,1-2H3/b16-9+. The van der Waals surface area contributed by atoms with Crippen LogP contribution in [0.15, 0.2) is 72.8 Å². The molecule has 0 atom stereocenters. The lowest BCUT2D eigenvalue weighted by atomic mass is 10.1. The van der Waals surface area contributed by atoms with Crippen molar-refractivity contribution in [3.8, 4) is 17.2 Å². The Hall–Kier alpha value is -3.97. The maximum absolute atomic E-state index is 5.90. The molecule has 0 saturated carbocycles. The van der Waals surface area contributed by atoms with Gasteiger partial charge in [0.2, 0.25) is 4.96 Å². The summed E-state index contributed by atoms with van der Waals surface area (Å²) in [6.45, 7) is 2.06. The van der Waals surface area contributed by atoms with E-state index in [1.54, 1.807) is 7.11 Å². The zero-order chi connectivity index (χ0) is 22.6. The predicted octanol–water partition coefficient (Wildman–Crippen LogP) is 6.06. The van der Waals surface area contributed by atoms with Gasteiger partial charge in [0.05, 0.1) is 7.11 Å². The van der Waals surface area contributed by atoms with Gasteiger partial charge < -0.3 is 9.47 Å². The lowest BCUT2D eigenvalue weighted by Crippen LogP contribution is -1.97. The van der Waals surface area contributed by atoms with Crippen LogP contribution in [0.4, 0.5) is 0 Å². The third kappa shape index (κ3) is 4.94. The van der Waals surface area contributed by atoms with Crippen LogP contribution >= 0.6 is 11.3 Å². The molecule has 0 N–H and O–H groups in total. The van der Waals surface area contributed by atoms with E-state index in [4.69, 9.17) is 9.47 Å². The quantitative estimate of drug-likeness (QED) is 0.299. The second kappa shape index (κ2) is 9.26. The first-order chi connectivity index (χ1) is 16.2. The van der Waals surface area contributed by atoms with Crippen molar-refractivity contribution in [2.45, 2.75) is 13.3 Å². The molecule has 5 aromatic rings. The van der Waals surface area contributed by atoms with Gasteiger partial charge in [-0.1, -0.05) is 59.4 Å². The number of nitrogens with zero attached hydrogens (tertiary/aromatic N) is 4. The first kappa shape index (κ1) is 20.9. The molecule has 0 saturated heterocycles. The molecule has 0 aliphatic rings. The molecule has 0 radical (unpaired) electrons. The number of aromatic nitrogens is 4. The van der Waals surface area contributed by atoms with Gasteiger partial charge in [-0.25, -0.2) is 0 Å². The Labute approximate surface area is 195 Å². The van der Waals surface area contributed by atoms with Gasteiger partial charge >= 0.3 is 0 Å². The van der Waals surface area contributed by atoms with Gasteiger partial charge in [0.1, 0.15) is 22.3 Å². The largest absolute Gasteiger partial charge is 0.497 e. The van der Waals surface area contributed by atoms with Crippen molar-refractivity contribution < 1.29 is 9.47 Å². The fourth-order valence-electron chi connectivity index (χ4n) is 3.33. The van der Waals surface area contributed by atoms with E-state index in [0.717, 1.165) is 44.2 Å². The Morgan fingerprint density at radius 1 is 0.818 bits per heavy atom. The summed E-state index contributed by atoms with van der Waals surface area (Å²) < 4.78 is 12.9. The predicted molar refractivity (Wildman–Crippen MR) is 131 cm³/mol. The summed E-state index contributed by atoms with van der Waals surface area (Å²) in [5, 5.41) is 14.1. The summed E-state index contributed by atoms with van der Waals surface area (Å²) in [5.74, 6) is 3.27. The van der Waals surface area contributed by atoms with Crippen LogP contribution in [0, 0.1) is 6.92 Å². The Morgan fingerprint density at radius 3 is 2.18 bits per heavy atom. The molecule has 2 heterocycles. The molecule has 0 aliphatic carbocycles. The number of aryl methyl sites for hydroxylation is 1. The summed E-state index contributed by atoms with van der Waals surface area (Å²) in [6.07, 6.45) is 4.68. The van der Waals surface area contributed by atoms with Crippen LogP contribution in [0.1, 0.15) is 27.5 Å². The van der Waals surface area contributed by atoms with Crippen molar-refractivity contribution in [2.24, 2.45) is 0 Å². The topological polar surface area (TPSA) is 61.5 Å². The van der Waals surface area contributed by atoms with Gasteiger partial charge in [-0.05, 0) is 60.5 Å². The van der Waals surface area contributed by atoms with E-state index in [1.807, 2.05) is 89.5 Å². The Morgan fingerprint density at radius 2 is 1.48 bits per heavy atom. The van der Waals surface area contributed by atoms with Crippen LogP contribution in [0.2, 0.25) is 0 Å². The molecule has 2 aromatic heterocycles. The summed E-state index contributed by atoms with van der Waals surface area (Å²) in [7, 11) is 1.66. The highest BCUT2D eigenvalue weighted by atomic mass is 32.1. The summed E-state index contributed by atoms with van der Waals surface area (Å²) in [5.41, 5.74) is 3.40. The van der Waals surface area contributed by atoms with Gasteiger partial charge in [-0.3, -0.25) is 0 Å². The molecule has 0 fully saturated rings. The third-order valence-corrected chi connectivity index (χ3v) is 6.01. The molecule has 7 heteroatoms. The van der Waals surface area contributed by atoms with E-state index >= 15 is 0 Å². The highest BCUT2D eigenvalue weighted by Crippen LogP contribution is 2.23. The van der Waals surface area contributed by atoms with Crippen LogP contribution in [-0.4, -0.2) is 26.9 Å². The van der Waals surface area contributed by atoms with Crippen molar-refractivity contribution in [1.82, 2.24) is 19.8 Å².